The van der Waals surface area contributed by atoms with Crippen LogP contribution in [0.25, 0.3) is 0 Å². The second-order valence-electron chi connectivity index (χ2n) is 2.72. The number of aliphatic hydroxyl groups is 1. The van der Waals surface area contributed by atoms with Gasteiger partial charge in [0.2, 0.25) is 0 Å². The highest BCUT2D eigenvalue weighted by molar-refractivity contribution is 5.65. The maximum Gasteiger partial charge on any atom is 0.408 e. The van der Waals surface area contributed by atoms with Crippen LogP contribution in [0.4, 0.5) is 4.79 Å². The van der Waals surface area contributed by atoms with Gasteiger partial charge in [0, 0.05) is 13.0 Å². The predicted molar refractivity (Wildman–Crippen MR) is 37.9 cm³/mol. The Bertz CT molecular complexity index is 162. The summed E-state index contributed by atoms with van der Waals surface area (Å²) in [7, 11) is 0. The molecule has 0 spiro atoms. The van der Waals surface area contributed by atoms with E-state index in [1.54, 1.807) is 0 Å². The second kappa shape index (κ2) is 3.06. The summed E-state index contributed by atoms with van der Waals surface area (Å²) in [6, 6.07) is 0. The van der Waals surface area contributed by atoms with Crippen molar-refractivity contribution in [3.63, 3.8) is 0 Å². The van der Waals surface area contributed by atoms with Crippen LogP contribution >= 0.6 is 0 Å². The first-order chi connectivity index (χ1) is 5.11. The van der Waals surface area contributed by atoms with Crippen LogP contribution in [0.1, 0.15) is 12.8 Å². The number of piperidine rings is 1. The Morgan fingerprint density at radius 2 is 2.27 bits per heavy atom. The van der Waals surface area contributed by atoms with Gasteiger partial charge in [-0.3, -0.25) is 4.90 Å². The summed E-state index contributed by atoms with van der Waals surface area (Å²) in [6.07, 6.45) is -1.17. The minimum atomic E-state index is -1.01. The van der Waals surface area contributed by atoms with Crippen molar-refractivity contribution in [3.05, 3.63) is 0 Å². The SMILES string of the molecule is NC1CC(O)CCN1C(=O)O. The summed E-state index contributed by atoms with van der Waals surface area (Å²) in [6.45, 7) is 0.331. The number of rotatable bonds is 0. The summed E-state index contributed by atoms with van der Waals surface area (Å²) < 4.78 is 0. The van der Waals surface area contributed by atoms with Gasteiger partial charge in [-0.15, -0.1) is 0 Å². The van der Waals surface area contributed by atoms with E-state index in [-0.39, 0.29) is 0 Å². The Kier molecular flexibility index (Phi) is 2.31. The molecule has 0 aromatic carbocycles. The van der Waals surface area contributed by atoms with E-state index >= 15 is 0 Å². The van der Waals surface area contributed by atoms with Crippen LogP contribution in [-0.2, 0) is 0 Å². The number of hydrogen-bond acceptors (Lipinski definition) is 3. The van der Waals surface area contributed by atoms with Gasteiger partial charge in [0.15, 0.2) is 0 Å². The summed E-state index contributed by atoms with van der Waals surface area (Å²) >= 11 is 0. The fraction of sp³-hybridized carbons (Fsp3) is 0.833. The fourth-order valence-electron chi connectivity index (χ4n) is 1.22. The number of hydrogen-bond donors (Lipinski definition) is 3. The molecule has 1 heterocycles. The first-order valence-electron chi connectivity index (χ1n) is 3.54. The van der Waals surface area contributed by atoms with Crippen LogP contribution in [0, 0.1) is 0 Å². The standard InChI is InChI=1S/C6H12N2O3/c7-5-3-4(9)1-2-8(5)6(10)11/h4-5,9H,1-3,7H2,(H,10,11). The van der Waals surface area contributed by atoms with E-state index in [4.69, 9.17) is 15.9 Å². The lowest BCUT2D eigenvalue weighted by atomic mass is 10.1. The van der Waals surface area contributed by atoms with E-state index in [0.29, 0.717) is 19.4 Å². The molecule has 2 atom stereocenters. The predicted octanol–water partition coefficient (Wildman–Crippen LogP) is -0.594. The van der Waals surface area contributed by atoms with Crippen LogP contribution < -0.4 is 5.73 Å². The Balaban J connectivity index is 2.50. The minimum Gasteiger partial charge on any atom is -0.465 e. The maximum atomic E-state index is 10.4. The quantitative estimate of drug-likeness (QED) is 0.442. The molecule has 1 aliphatic heterocycles. The Morgan fingerprint density at radius 1 is 1.64 bits per heavy atom. The van der Waals surface area contributed by atoms with Crippen LogP contribution in [0.3, 0.4) is 0 Å². The molecule has 4 N–H and O–H groups in total. The third-order valence-corrected chi connectivity index (χ3v) is 1.86. The molecule has 1 fully saturated rings. The number of carboxylic acid groups (broad SMARTS) is 1. The van der Waals surface area contributed by atoms with Gasteiger partial charge < -0.3 is 15.9 Å². The molecule has 64 valence electrons. The van der Waals surface area contributed by atoms with Gasteiger partial charge in [-0.1, -0.05) is 0 Å². The fourth-order valence-corrected chi connectivity index (χ4v) is 1.22. The van der Waals surface area contributed by atoms with Crippen LogP contribution in [-0.4, -0.2) is 40.0 Å². The molecule has 1 amide bonds. The molecule has 2 unspecified atom stereocenters. The van der Waals surface area contributed by atoms with Crippen molar-refractivity contribution in [2.75, 3.05) is 6.54 Å². The molecule has 11 heavy (non-hydrogen) atoms. The number of carbonyl (C=O) groups is 1. The molecular weight excluding hydrogens is 148 g/mol. The lowest BCUT2D eigenvalue weighted by Gasteiger charge is -2.33. The van der Waals surface area contributed by atoms with E-state index in [0.717, 1.165) is 4.90 Å². The van der Waals surface area contributed by atoms with E-state index in [9.17, 15) is 4.79 Å². The van der Waals surface area contributed by atoms with Crippen molar-refractivity contribution in [1.29, 1.82) is 0 Å². The number of aliphatic hydroxyl groups excluding tert-OH is 1. The van der Waals surface area contributed by atoms with Crippen molar-refractivity contribution < 1.29 is 15.0 Å². The van der Waals surface area contributed by atoms with Crippen molar-refractivity contribution in [2.45, 2.75) is 25.1 Å². The van der Waals surface area contributed by atoms with Gasteiger partial charge >= 0.3 is 6.09 Å². The molecular formula is C6H12N2O3. The van der Waals surface area contributed by atoms with Gasteiger partial charge in [-0.2, -0.15) is 0 Å². The van der Waals surface area contributed by atoms with Crippen molar-refractivity contribution in [1.82, 2.24) is 4.90 Å². The largest absolute Gasteiger partial charge is 0.465 e. The molecule has 1 aliphatic rings. The summed E-state index contributed by atoms with van der Waals surface area (Å²) in [5, 5.41) is 17.6. The van der Waals surface area contributed by atoms with E-state index < -0.39 is 18.4 Å². The van der Waals surface area contributed by atoms with Crippen LogP contribution in [0.5, 0.6) is 0 Å². The highest BCUT2D eigenvalue weighted by Crippen LogP contribution is 2.13. The third-order valence-electron chi connectivity index (χ3n) is 1.86. The highest BCUT2D eigenvalue weighted by Gasteiger charge is 2.27. The molecule has 0 saturated carbocycles. The average molecular weight is 160 g/mol. The van der Waals surface area contributed by atoms with E-state index in [1.807, 2.05) is 0 Å². The summed E-state index contributed by atoms with van der Waals surface area (Å²) in [4.78, 5) is 11.6. The zero-order valence-electron chi connectivity index (χ0n) is 6.10. The van der Waals surface area contributed by atoms with Crippen molar-refractivity contribution >= 4 is 6.09 Å². The minimum absolute atomic E-state index is 0.331. The number of likely N-dealkylation sites (tertiary alicyclic amines) is 1. The molecule has 1 saturated heterocycles. The monoisotopic (exact) mass is 160 g/mol. The third kappa shape index (κ3) is 1.81. The Hall–Kier alpha value is -0.810. The number of nitrogens with zero attached hydrogens (tertiary/aromatic N) is 1. The topological polar surface area (TPSA) is 86.8 Å². The molecule has 0 radical (unpaired) electrons. The van der Waals surface area contributed by atoms with Gasteiger partial charge in [0.05, 0.1) is 12.3 Å². The zero-order chi connectivity index (χ0) is 8.43. The van der Waals surface area contributed by atoms with Gasteiger partial charge in [-0.05, 0) is 6.42 Å². The lowest BCUT2D eigenvalue weighted by Crippen LogP contribution is -2.51. The Morgan fingerprint density at radius 3 is 2.73 bits per heavy atom. The summed E-state index contributed by atoms with van der Waals surface area (Å²) in [5.41, 5.74) is 5.46. The normalized spacial score (nSPS) is 32.0. The zero-order valence-corrected chi connectivity index (χ0v) is 6.10. The number of amides is 1. The highest BCUT2D eigenvalue weighted by atomic mass is 16.4. The van der Waals surface area contributed by atoms with Crippen LogP contribution in [0.15, 0.2) is 0 Å². The van der Waals surface area contributed by atoms with Crippen molar-refractivity contribution in [3.8, 4) is 0 Å². The molecule has 1 rings (SSSR count). The molecule has 0 aromatic rings. The average Bonchev–Trinajstić information content (AvgIpc) is 1.85. The molecule has 0 aliphatic carbocycles. The maximum absolute atomic E-state index is 10.4. The Labute approximate surface area is 64.4 Å². The van der Waals surface area contributed by atoms with Crippen LogP contribution in [0.2, 0.25) is 0 Å². The van der Waals surface area contributed by atoms with Gasteiger partial charge in [0.25, 0.3) is 0 Å². The molecule has 0 bridgehead atoms. The first kappa shape index (κ1) is 8.29. The molecule has 5 nitrogen and oxygen atoms in total. The molecule has 5 heteroatoms. The lowest BCUT2D eigenvalue weighted by molar-refractivity contribution is 0.0451. The summed E-state index contributed by atoms with van der Waals surface area (Å²) in [5.74, 6) is 0. The van der Waals surface area contributed by atoms with E-state index in [1.165, 1.54) is 0 Å². The van der Waals surface area contributed by atoms with Gasteiger partial charge in [-0.25, -0.2) is 4.79 Å². The smallest absolute Gasteiger partial charge is 0.408 e. The number of nitrogens with two attached hydrogens (primary N) is 1. The van der Waals surface area contributed by atoms with E-state index in [2.05, 4.69) is 0 Å². The molecule has 0 aromatic heterocycles. The van der Waals surface area contributed by atoms with Crippen molar-refractivity contribution in [2.24, 2.45) is 5.73 Å². The van der Waals surface area contributed by atoms with Gasteiger partial charge in [0.1, 0.15) is 0 Å². The second-order valence-corrected chi connectivity index (χ2v) is 2.72. The first-order valence-corrected chi connectivity index (χ1v) is 3.54.